The number of non-ortho nitro benzene ring substituents is 1. The summed E-state index contributed by atoms with van der Waals surface area (Å²) in [4.78, 5) is 37.9. The number of hydrogen-bond donors (Lipinski definition) is 1. The van der Waals surface area contributed by atoms with E-state index in [1.807, 2.05) is 0 Å². The molecule has 2 heterocycles. The van der Waals surface area contributed by atoms with Gasteiger partial charge in [0.15, 0.2) is 5.43 Å². The summed E-state index contributed by atoms with van der Waals surface area (Å²) in [5.41, 5.74) is 0.0573. The largest absolute Gasteiger partial charge is 0.450 e. The summed E-state index contributed by atoms with van der Waals surface area (Å²) < 4.78 is 5.69. The molecule has 1 aliphatic heterocycles. The quantitative estimate of drug-likeness (QED) is 0.532. The molecule has 2 aromatic carbocycles. The molecule has 1 atom stereocenters. The molecule has 3 aromatic rings. The SMILES string of the molecule is O=C1c2oc3ccc(Cl)cc3c(=O)c2C(c2cccc([N+](=O)[O-])c2)N1CCO. The maximum absolute atomic E-state index is 13.2. The van der Waals surface area contributed by atoms with Gasteiger partial charge in [-0.3, -0.25) is 19.7 Å². The van der Waals surface area contributed by atoms with Crippen LogP contribution in [0, 0.1) is 10.1 Å². The third-order valence-corrected chi connectivity index (χ3v) is 4.90. The number of aliphatic hydroxyl groups is 1. The second-order valence-corrected chi connectivity index (χ2v) is 6.73. The van der Waals surface area contributed by atoms with Crippen LogP contribution >= 0.6 is 11.6 Å². The molecule has 0 spiro atoms. The summed E-state index contributed by atoms with van der Waals surface area (Å²) in [6, 6.07) is 9.28. The first-order chi connectivity index (χ1) is 13.4. The number of benzene rings is 2. The van der Waals surface area contributed by atoms with E-state index < -0.39 is 22.3 Å². The number of carbonyl (C=O) groups is 1. The minimum atomic E-state index is -0.908. The Balaban J connectivity index is 2.01. The molecule has 0 aliphatic carbocycles. The lowest BCUT2D eigenvalue weighted by molar-refractivity contribution is -0.384. The Kier molecular flexibility index (Phi) is 4.37. The topological polar surface area (TPSA) is 114 Å². The van der Waals surface area contributed by atoms with Crippen LogP contribution in [0.2, 0.25) is 5.02 Å². The molecule has 0 saturated carbocycles. The van der Waals surface area contributed by atoms with Gasteiger partial charge in [0.1, 0.15) is 5.58 Å². The van der Waals surface area contributed by atoms with Crippen molar-refractivity contribution in [2.75, 3.05) is 13.2 Å². The van der Waals surface area contributed by atoms with Gasteiger partial charge in [-0.25, -0.2) is 0 Å². The molecule has 4 rings (SSSR count). The van der Waals surface area contributed by atoms with Crippen molar-refractivity contribution in [1.29, 1.82) is 0 Å². The Morgan fingerprint density at radius 2 is 2.00 bits per heavy atom. The number of rotatable bonds is 4. The summed E-state index contributed by atoms with van der Waals surface area (Å²) in [6.45, 7) is -0.405. The zero-order valence-corrected chi connectivity index (χ0v) is 15.0. The highest BCUT2D eigenvalue weighted by Crippen LogP contribution is 2.38. The minimum Gasteiger partial charge on any atom is -0.450 e. The number of nitro benzene ring substituents is 1. The van der Waals surface area contributed by atoms with Gasteiger partial charge in [0.2, 0.25) is 5.76 Å². The van der Waals surface area contributed by atoms with Gasteiger partial charge in [0, 0.05) is 23.7 Å². The standard InChI is InChI=1S/C19H13ClN2O6/c20-11-4-5-14-13(9-11)17(24)15-16(10-2-1-3-12(8-10)22(26)27)21(6-7-23)19(25)18(15)28-14/h1-5,8-9,16,23H,6-7H2. The molecule has 1 N–H and O–H groups in total. The van der Waals surface area contributed by atoms with Gasteiger partial charge in [-0.05, 0) is 23.8 Å². The maximum atomic E-state index is 13.2. The first-order valence-electron chi connectivity index (χ1n) is 8.35. The lowest BCUT2D eigenvalue weighted by Crippen LogP contribution is -2.32. The van der Waals surface area contributed by atoms with Crippen molar-refractivity contribution < 1.29 is 19.2 Å². The normalized spacial score (nSPS) is 15.9. The van der Waals surface area contributed by atoms with Crippen LogP contribution in [0.15, 0.2) is 51.7 Å². The molecule has 1 unspecified atom stereocenters. The van der Waals surface area contributed by atoms with Gasteiger partial charge in [0.05, 0.1) is 28.5 Å². The molecule has 1 amide bonds. The number of β-amino-alcohol motifs (C(OH)–C–C–N with tert-alkyl or cyclic N) is 1. The molecule has 0 saturated heterocycles. The van der Waals surface area contributed by atoms with E-state index in [0.717, 1.165) is 0 Å². The molecule has 0 bridgehead atoms. The number of aliphatic hydroxyl groups excluding tert-OH is 1. The smallest absolute Gasteiger partial charge is 0.290 e. The van der Waals surface area contributed by atoms with Crippen LogP contribution in [0.3, 0.4) is 0 Å². The Bertz CT molecular complexity index is 1190. The molecule has 0 radical (unpaired) electrons. The van der Waals surface area contributed by atoms with Crippen LogP contribution in [0.1, 0.15) is 27.7 Å². The van der Waals surface area contributed by atoms with Gasteiger partial charge >= 0.3 is 0 Å². The van der Waals surface area contributed by atoms with Gasteiger partial charge in [-0.15, -0.1) is 0 Å². The highest BCUT2D eigenvalue weighted by atomic mass is 35.5. The highest BCUT2D eigenvalue weighted by molar-refractivity contribution is 6.31. The average Bonchev–Trinajstić information content (AvgIpc) is 2.95. The van der Waals surface area contributed by atoms with E-state index in [0.29, 0.717) is 10.6 Å². The number of nitrogens with zero attached hydrogens (tertiary/aromatic N) is 2. The minimum absolute atomic E-state index is 0.0626. The molecule has 1 aliphatic rings. The van der Waals surface area contributed by atoms with E-state index in [2.05, 4.69) is 0 Å². The lowest BCUT2D eigenvalue weighted by atomic mass is 9.98. The van der Waals surface area contributed by atoms with E-state index >= 15 is 0 Å². The Morgan fingerprint density at radius 1 is 1.21 bits per heavy atom. The van der Waals surface area contributed by atoms with Crippen molar-refractivity contribution >= 4 is 34.2 Å². The summed E-state index contributed by atoms with van der Waals surface area (Å²) in [6.07, 6.45) is 0. The van der Waals surface area contributed by atoms with Crippen LogP contribution < -0.4 is 5.43 Å². The third-order valence-electron chi connectivity index (χ3n) is 4.67. The fraction of sp³-hybridized carbons (Fsp3) is 0.158. The van der Waals surface area contributed by atoms with Crippen LogP contribution in [-0.4, -0.2) is 34.0 Å². The van der Waals surface area contributed by atoms with Crippen molar-refractivity contribution in [1.82, 2.24) is 4.90 Å². The first-order valence-corrected chi connectivity index (χ1v) is 8.72. The van der Waals surface area contributed by atoms with Crippen molar-refractivity contribution in [2.45, 2.75) is 6.04 Å². The average molecular weight is 401 g/mol. The van der Waals surface area contributed by atoms with Gasteiger partial charge in [-0.1, -0.05) is 23.7 Å². The molecule has 9 heteroatoms. The predicted molar refractivity (Wildman–Crippen MR) is 101 cm³/mol. The summed E-state index contributed by atoms with van der Waals surface area (Å²) in [5.74, 6) is -0.695. The van der Waals surface area contributed by atoms with Gasteiger partial charge < -0.3 is 14.4 Å². The monoisotopic (exact) mass is 400 g/mol. The van der Waals surface area contributed by atoms with E-state index in [1.165, 1.54) is 35.2 Å². The zero-order chi connectivity index (χ0) is 20.0. The Labute approximate surface area is 162 Å². The fourth-order valence-corrected chi connectivity index (χ4v) is 3.66. The summed E-state index contributed by atoms with van der Waals surface area (Å²) >= 11 is 5.99. The number of amides is 1. The van der Waals surface area contributed by atoms with Crippen molar-refractivity contribution in [3.05, 3.63) is 84.7 Å². The molecule has 142 valence electrons. The van der Waals surface area contributed by atoms with Gasteiger partial charge in [0.25, 0.3) is 11.6 Å². The number of fused-ring (bicyclic) bond motifs is 2. The zero-order valence-electron chi connectivity index (χ0n) is 14.3. The number of nitro groups is 1. The molecule has 0 fully saturated rings. The van der Waals surface area contributed by atoms with Crippen LogP contribution in [-0.2, 0) is 0 Å². The Hall–Kier alpha value is -3.23. The number of hydrogen-bond acceptors (Lipinski definition) is 6. The molecule has 1 aromatic heterocycles. The predicted octanol–water partition coefficient (Wildman–Crippen LogP) is 2.89. The van der Waals surface area contributed by atoms with Crippen LogP contribution in [0.4, 0.5) is 5.69 Å². The molecule has 8 nitrogen and oxygen atoms in total. The first kappa shape index (κ1) is 18.1. The van der Waals surface area contributed by atoms with Crippen LogP contribution in [0.25, 0.3) is 11.0 Å². The lowest BCUT2D eigenvalue weighted by Gasteiger charge is -2.24. The van der Waals surface area contributed by atoms with Crippen molar-refractivity contribution in [3.8, 4) is 0 Å². The second-order valence-electron chi connectivity index (χ2n) is 6.29. The highest BCUT2D eigenvalue weighted by Gasteiger charge is 2.42. The van der Waals surface area contributed by atoms with Crippen LogP contribution in [0.5, 0.6) is 0 Å². The van der Waals surface area contributed by atoms with E-state index in [1.54, 1.807) is 12.1 Å². The second kappa shape index (κ2) is 6.74. The van der Waals surface area contributed by atoms with Crippen molar-refractivity contribution in [2.24, 2.45) is 0 Å². The number of carbonyl (C=O) groups excluding carboxylic acids is 1. The molecular weight excluding hydrogens is 388 g/mol. The van der Waals surface area contributed by atoms with E-state index in [4.69, 9.17) is 16.0 Å². The van der Waals surface area contributed by atoms with E-state index in [9.17, 15) is 24.8 Å². The number of halogens is 1. The Morgan fingerprint density at radius 3 is 2.71 bits per heavy atom. The summed E-state index contributed by atoms with van der Waals surface area (Å²) in [7, 11) is 0. The third kappa shape index (κ3) is 2.74. The fourth-order valence-electron chi connectivity index (χ4n) is 3.49. The molecular formula is C19H13ClN2O6. The maximum Gasteiger partial charge on any atom is 0.290 e. The summed E-state index contributed by atoms with van der Waals surface area (Å²) in [5, 5.41) is 21.1. The molecule has 28 heavy (non-hydrogen) atoms. The van der Waals surface area contributed by atoms with Crippen molar-refractivity contribution in [3.63, 3.8) is 0 Å². The van der Waals surface area contributed by atoms with E-state index in [-0.39, 0.29) is 41.1 Å². The van der Waals surface area contributed by atoms with Gasteiger partial charge in [-0.2, -0.15) is 0 Å².